The van der Waals surface area contributed by atoms with E-state index in [9.17, 15) is 23.1 Å². The standard InChI is InChI=1S/C27H36N4O5S/c1-4-31(5-2)27(34)21-8-6-7-20(15-21)25(17-30-12-11-23(32)16-30)29(3)26(33)14-19-9-10-22-18-37(35,36)28-24(22)13-19/h6-10,13,15,23,25,28,32H,4-5,11-12,14,16-18H2,1-3H3/t23-,25-/m1/s1. The topological polar surface area (TPSA) is 110 Å². The molecule has 37 heavy (non-hydrogen) atoms. The summed E-state index contributed by atoms with van der Waals surface area (Å²) in [5.74, 6) is -0.217. The van der Waals surface area contributed by atoms with Crippen molar-refractivity contribution in [3.63, 3.8) is 0 Å². The molecule has 2 aromatic rings. The highest BCUT2D eigenvalue weighted by molar-refractivity contribution is 7.92. The molecular formula is C27H36N4O5S. The zero-order chi connectivity index (χ0) is 26.7. The number of amides is 2. The predicted octanol–water partition coefficient (Wildman–Crippen LogP) is 2.23. The fourth-order valence-corrected chi connectivity index (χ4v) is 6.34. The van der Waals surface area contributed by atoms with Gasteiger partial charge >= 0.3 is 0 Å². The number of β-amino-alcohol motifs (C(OH)–C–C–N with tert-alkyl or cyclic N) is 1. The van der Waals surface area contributed by atoms with Crippen molar-refractivity contribution in [2.45, 2.75) is 44.6 Å². The number of anilines is 1. The van der Waals surface area contributed by atoms with Gasteiger partial charge in [-0.05, 0) is 55.2 Å². The summed E-state index contributed by atoms with van der Waals surface area (Å²) in [4.78, 5) is 32.1. The molecule has 2 N–H and O–H groups in total. The van der Waals surface area contributed by atoms with E-state index >= 15 is 0 Å². The van der Waals surface area contributed by atoms with E-state index in [-0.39, 0.29) is 36.1 Å². The summed E-state index contributed by atoms with van der Waals surface area (Å²) >= 11 is 0. The molecule has 2 aliphatic heterocycles. The molecule has 0 radical (unpaired) electrons. The molecule has 0 saturated carbocycles. The summed E-state index contributed by atoms with van der Waals surface area (Å²) < 4.78 is 26.3. The third-order valence-corrected chi connectivity index (χ3v) is 8.47. The SMILES string of the molecule is CCN(CC)C(=O)c1cccc([C@@H](CN2CC[C@@H](O)C2)N(C)C(=O)Cc2ccc3c(c2)NS(=O)(=O)C3)c1. The number of fused-ring (bicyclic) bond motifs is 1. The summed E-state index contributed by atoms with van der Waals surface area (Å²) in [5.41, 5.74) is 3.39. The van der Waals surface area contributed by atoms with Gasteiger partial charge in [-0.15, -0.1) is 0 Å². The van der Waals surface area contributed by atoms with Crippen molar-refractivity contribution in [1.82, 2.24) is 14.7 Å². The lowest BCUT2D eigenvalue weighted by atomic mass is 10.0. The average Bonchev–Trinajstić information content (AvgIpc) is 3.42. The molecule has 4 rings (SSSR count). The van der Waals surface area contributed by atoms with Gasteiger partial charge in [-0.25, -0.2) is 8.42 Å². The molecule has 2 atom stereocenters. The predicted molar refractivity (Wildman–Crippen MR) is 143 cm³/mol. The monoisotopic (exact) mass is 528 g/mol. The smallest absolute Gasteiger partial charge is 0.253 e. The minimum absolute atomic E-state index is 0.0447. The van der Waals surface area contributed by atoms with Crippen LogP contribution in [0, 0.1) is 0 Å². The Morgan fingerprint density at radius 3 is 2.59 bits per heavy atom. The van der Waals surface area contributed by atoms with Crippen LogP contribution in [0.15, 0.2) is 42.5 Å². The molecule has 1 fully saturated rings. The molecule has 1 saturated heterocycles. The van der Waals surface area contributed by atoms with Gasteiger partial charge in [-0.1, -0.05) is 24.3 Å². The Kier molecular flexibility index (Phi) is 8.20. The van der Waals surface area contributed by atoms with Crippen molar-refractivity contribution < 1.29 is 23.1 Å². The molecule has 0 unspecified atom stereocenters. The fourth-order valence-electron chi connectivity index (χ4n) is 5.08. The lowest BCUT2D eigenvalue weighted by Gasteiger charge is -2.32. The first-order valence-electron chi connectivity index (χ1n) is 12.8. The van der Waals surface area contributed by atoms with Crippen LogP contribution in [-0.4, -0.2) is 85.9 Å². The zero-order valence-electron chi connectivity index (χ0n) is 21.7. The highest BCUT2D eigenvalue weighted by Gasteiger charge is 2.29. The number of hydrogen-bond donors (Lipinski definition) is 2. The van der Waals surface area contributed by atoms with Crippen LogP contribution in [0.3, 0.4) is 0 Å². The maximum absolute atomic E-state index is 13.5. The Balaban J connectivity index is 1.57. The molecule has 2 aliphatic rings. The molecule has 0 bridgehead atoms. The number of likely N-dealkylation sites (tertiary alicyclic amines) is 1. The van der Waals surface area contributed by atoms with Gasteiger partial charge in [0.25, 0.3) is 5.91 Å². The molecule has 10 heteroatoms. The molecule has 200 valence electrons. The molecule has 2 amide bonds. The van der Waals surface area contributed by atoms with E-state index in [1.165, 1.54) is 0 Å². The Morgan fingerprint density at radius 1 is 1.16 bits per heavy atom. The number of rotatable bonds is 9. The fraction of sp³-hybridized carbons (Fsp3) is 0.481. The van der Waals surface area contributed by atoms with Crippen LogP contribution in [0.4, 0.5) is 5.69 Å². The van der Waals surface area contributed by atoms with Gasteiger partial charge in [0, 0.05) is 45.3 Å². The summed E-state index contributed by atoms with van der Waals surface area (Å²) in [6.07, 6.45) is 0.422. The summed E-state index contributed by atoms with van der Waals surface area (Å²) in [7, 11) is -1.60. The van der Waals surface area contributed by atoms with Gasteiger partial charge < -0.3 is 14.9 Å². The first-order chi connectivity index (χ1) is 17.6. The maximum atomic E-state index is 13.5. The van der Waals surface area contributed by atoms with E-state index in [1.807, 2.05) is 32.0 Å². The van der Waals surface area contributed by atoms with Gasteiger partial charge in [-0.2, -0.15) is 0 Å². The van der Waals surface area contributed by atoms with Crippen molar-refractivity contribution in [3.8, 4) is 0 Å². The number of nitrogens with one attached hydrogen (secondary N) is 1. The van der Waals surface area contributed by atoms with E-state index in [0.29, 0.717) is 49.4 Å². The Morgan fingerprint density at radius 2 is 1.92 bits per heavy atom. The Bertz CT molecular complexity index is 1260. The summed E-state index contributed by atoms with van der Waals surface area (Å²) in [6.45, 7) is 6.94. The number of likely N-dealkylation sites (N-methyl/N-ethyl adjacent to an activating group) is 1. The maximum Gasteiger partial charge on any atom is 0.253 e. The molecule has 9 nitrogen and oxygen atoms in total. The van der Waals surface area contributed by atoms with Crippen LogP contribution >= 0.6 is 0 Å². The Hall–Kier alpha value is -2.95. The van der Waals surface area contributed by atoms with Crippen molar-refractivity contribution in [1.29, 1.82) is 0 Å². The second-order valence-electron chi connectivity index (χ2n) is 9.85. The third-order valence-electron chi connectivity index (χ3n) is 7.25. The zero-order valence-corrected chi connectivity index (χ0v) is 22.5. The van der Waals surface area contributed by atoms with Crippen LogP contribution in [0.25, 0.3) is 0 Å². The molecule has 2 heterocycles. The second kappa shape index (κ2) is 11.2. The van der Waals surface area contributed by atoms with E-state index in [4.69, 9.17) is 0 Å². The molecule has 2 aromatic carbocycles. The highest BCUT2D eigenvalue weighted by atomic mass is 32.2. The molecule has 0 aliphatic carbocycles. The van der Waals surface area contributed by atoms with Crippen LogP contribution < -0.4 is 4.72 Å². The van der Waals surface area contributed by atoms with Crippen molar-refractivity contribution >= 4 is 27.5 Å². The summed E-state index contributed by atoms with van der Waals surface area (Å²) in [6, 6.07) is 12.4. The quantitative estimate of drug-likeness (QED) is 0.517. The first-order valence-corrected chi connectivity index (χ1v) is 14.4. The van der Waals surface area contributed by atoms with Crippen LogP contribution in [-0.2, 0) is 27.0 Å². The Labute approximate surface area is 219 Å². The highest BCUT2D eigenvalue weighted by Crippen LogP contribution is 2.29. The first kappa shape index (κ1) is 27.1. The van der Waals surface area contributed by atoms with E-state index in [1.54, 1.807) is 41.1 Å². The number of aliphatic hydroxyl groups is 1. The van der Waals surface area contributed by atoms with Gasteiger partial charge in [0.05, 0.1) is 30.0 Å². The van der Waals surface area contributed by atoms with Gasteiger partial charge in [0.15, 0.2) is 0 Å². The number of aliphatic hydroxyl groups excluding tert-OH is 1. The van der Waals surface area contributed by atoms with Gasteiger partial charge in [0.1, 0.15) is 0 Å². The molecule has 0 aromatic heterocycles. The number of carbonyl (C=O) groups excluding carboxylic acids is 2. The number of carbonyl (C=O) groups is 2. The second-order valence-corrected chi connectivity index (χ2v) is 11.6. The van der Waals surface area contributed by atoms with Crippen molar-refractivity contribution in [2.75, 3.05) is 44.5 Å². The van der Waals surface area contributed by atoms with Crippen molar-refractivity contribution in [2.24, 2.45) is 0 Å². The van der Waals surface area contributed by atoms with E-state index < -0.39 is 10.0 Å². The number of benzene rings is 2. The van der Waals surface area contributed by atoms with E-state index in [2.05, 4.69) is 9.62 Å². The minimum atomic E-state index is -3.36. The molecular weight excluding hydrogens is 492 g/mol. The van der Waals surface area contributed by atoms with E-state index in [0.717, 1.165) is 17.7 Å². The van der Waals surface area contributed by atoms with Crippen LogP contribution in [0.1, 0.15) is 53.4 Å². The van der Waals surface area contributed by atoms with Crippen LogP contribution in [0.5, 0.6) is 0 Å². The number of nitrogens with zero attached hydrogens (tertiary/aromatic N) is 3. The largest absolute Gasteiger partial charge is 0.392 e. The lowest BCUT2D eigenvalue weighted by molar-refractivity contribution is -0.131. The lowest BCUT2D eigenvalue weighted by Crippen LogP contribution is -2.39. The summed E-state index contributed by atoms with van der Waals surface area (Å²) in [5, 5.41) is 10.1. The van der Waals surface area contributed by atoms with Crippen molar-refractivity contribution in [3.05, 3.63) is 64.7 Å². The third kappa shape index (κ3) is 6.31. The normalized spacial score (nSPS) is 19.2. The number of hydrogen-bond acceptors (Lipinski definition) is 6. The average molecular weight is 529 g/mol. The van der Waals surface area contributed by atoms with Crippen LogP contribution in [0.2, 0.25) is 0 Å². The van der Waals surface area contributed by atoms with Gasteiger partial charge in [0.2, 0.25) is 15.9 Å². The minimum Gasteiger partial charge on any atom is -0.392 e. The molecule has 0 spiro atoms. The van der Waals surface area contributed by atoms with Gasteiger partial charge in [-0.3, -0.25) is 19.2 Å². The number of sulfonamides is 1.